The van der Waals surface area contributed by atoms with E-state index in [1.807, 2.05) is 12.1 Å². The van der Waals surface area contributed by atoms with Crippen molar-refractivity contribution in [1.29, 1.82) is 0 Å². The third kappa shape index (κ3) is 2.89. The van der Waals surface area contributed by atoms with Gasteiger partial charge in [0.2, 0.25) is 0 Å². The Morgan fingerprint density at radius 1 is 1.13 bits per heavy atom. The second-order valence-electron chi connectivity index (χ2n) is 3.23. The Balaban J connectivity index is 2.14. The number of hydrogen-bond acceptors (Lipinski definition) is 2. The molecule has 0 aliphatic carbocycles. The van der Waals surface area contributed by atoms with Crippen molar-refractivity contribution in [2.45, 2.75) is 6.42 Å². The lowest BCUT2D eigenvalue weighted by Crippen LogP contribution is -1.83. The first-order valence-corrected chi connectivity index (χ1v) is 6.46. The molecule has 0 aliphatic rings. The van der Waals surface area contributed by atoms with Gasteiger partial charge in [0.05, 0.1) is 4.88 Å². The summed E-state index contributed by atoms with van der Waals surface area (Å²) in [5.74, 6) is 0. The predicted molar refractivity (Wildman–Crippen MR) is 71.7 cm³/mol. The Morgan fingerprint density at radius 2 is 1.87 bits per heavy atom. The average Bonchev–Trinajstić information content (AvgIpc) is 2.69. The average molecular weight is 328 g/mol. The zero-order valence-electron chi connectivity index (χ0n) is 7.94. The van der Waals surface area contributed by atoms with Gasteiger partial charge in [0.25, 0.3) is 0 Å². The molecule has 2 aromatic rings. The molecule has 0 fully saturated rings. The molecule has 0 saturated carbocycles. The van der Waals surface area contributed by atoms with E-state index in [2.05, 4.69) is 46.9 Å². The fourth-order valence-corrected chi connectivity index (χ4v) is 2.58. The summed E-state index contributed by atoms with van der Waals surface area (Å²) in [7, 11) is 0. The molecule has 0 saturated heterocycles. The first-order chi connectivity index (χ1) is 7.28. The van der Waals surface area contributed by atoms with E-state index in [0.717, 1.165) is 17.6 Å². The topological polar surface area (TPSA) is 17.1 Å². The van der Waals surface area contributed by atoms with Gasteiger partial charge in [-0.1, -0.05) is 12.1 Å². The highest BCUT2D eigenvalue weighted by atomic mass is 127. The minimum Gasteiger partial charge on any atom is -0.297 e. The lowest BCUT2D eigenvalue weighted by atomic mass is 10.1. The maximum atomic E-state index is 10.5. The molecule has 0 spiro atoms. The van der Waals surface area contributed by atoms with E-state index in [-0.39, 0.29) is 0 Å². The van der Waals surface area contributed by atoms with Gasteiger partial charge in [-0.2, -0.15) is 0 Å². The van der Waals surface area contributed by atoms with Crippen LogP contribution in [0.15, 0.2) is 36.4 Å². The summed E-state index contributed by atoms with van der Waals surface area (Å²) in [6.07, 6.45) is 1.82. The fourth-order valence-electron chi connectivity index (χ4n) is 1.36. The molecule has 0 atom stereocenters. The van der Waals surface area contributed by atoms with Gasteiger partial charge in [0.15, 0.2) is 6.29 Å². The molecule has 2 rings (SSSR count). The second kappa shape index (κ2) is 4.90. The number of carbonyl (C=O) groups is 1. The van der Waals surface area contributed by atoms with E-state index in [1.54, 1.807) is 11.3 Å². The van der Waals surface area contributed by atoms with Gasteiger partial charge in [0, 0.05) is 14.9 Å². The predicted octanol–water partition coefficient (Wildman–Crippen LogP) is 3.76. The summed E-state index contributed by atoms with van der Waals surface area (Å²) in [6.45, 7) is 0. The number of aldehydes is 1. The van der Waals surface area contributed by atoms with Crippen LogP contribution in [0.2, 0.25) is 0 Å². The van der Waals surface area contributed by atoms with Crippen LogP contribution in [0.5, 0.6) is 0 Å². The normalized spacial score (nSPS) is 10.2. The maximum absolute atomic E-state index is 10.5. The summed E-state index contributed by atoms with van der Waals surface area (Å²) in [6, 6.07) is 12.4. The molecule has 1 nitrogen and oxygen atoms in total. The molecule has 0 amide bonds. The summed E-state index contributed by atoms with van der Waals surface area (Å²) >= 11 is 3.86. The van der Waals surface area contributed by atoms with Crippen molar-refractivity contribution in [3.8, 4) is 0 Å². The third-order valence-electron chi connectivity index (χ3n) is 2.09. The van der Waals surface area contributed by atoms with Gasteiger partial charge < -0.3 is 0 Å². The molecular formula is C12H9IOS. The van der Waals surface area contributed by atoms with Gasteiger partial charge in [-0.15, -0.1) is 11.3 Å². The van der Waals surface area contributed by atoms with Crippen LogP contribution in [0.4, 0.5) is 0 Å². The highest BCUT2D eigenvalue weighted by Crippen LogP contribution is 2.19. The summed E-state index contributed by atoms with van der Waals surface area (Å²) in [4.78, 5) is 12.6. The van der Waals surface area contributed by atoms with E-state index in [0.29, 0.717) is 0 Å². The first kappa shape index (κ1) is 10.8. The van der Waals surface area contributed by atoms with Crippen LogP contribution < -0.4 is 0 Å². The van der Waals surface area contributed by atoms with Crippen molar-refractivity contribution in [3.63, 3.8) is 0 Å². The molecule has 1 aromatic heterocycles. The maximum Gasteiger partial charge on any atom is 0.160 e. The van der Waals surface area contributed by atoms with Crippen LogP contribution in [0.25, 0.3) is 0 Å². The minimum absolute atomic E-state index is 0.801. The lowest BCUT2D eigenvalue weighted by molar-refractivity contribution is 0.112. The van der Waals surface area contributed by atoms with Gasteiger partial charge >= 0.3 is 0 Å². The van der Waals surface area contributed by atoms with Gasteiger partial charge in [-0.05, 0) is 52.4 Å². The monoisotopic (exact) mass is 328 g/mol. The van der Waals surface area contributed by atoms with E-state index < -0.39 is 0 Å². The number of thiophene rings is 1. The van der Waals surface area contributed by atoms with E-state index in [9.17, 15) is 4.79 Å². The van der Waals surface area contributed by atoms with Crippen molar-refractivity contribution in [3.05, 3.63) is 55.3 Å². The smallest absolute Gasteiger partial charge is 0.160 e. The standard InChI is InChI=1S/C12H9IOS/c13-10-3-1-9(2-4-10)7-11-5-6-12(8-14)15-11/h1-6,8H,7H2. The molecule has 76 valence electrons. The highest BCUT2D eigenvalue weighted by Gasteiger charge is 2.00. The zero-order valence-corrected chi connectivity index (χ0v) is 10.9. The third-order valence-corrected chi connectivity index (χ3v) is 3.82. The molecule has 0 radical (unpaired) electrons. The number of rotatable bonds is 3. The SMILES string of the molecule is O=Cc1ccc(Cc2ccc(I)cc2)s1. The zero-order chi connectivity index (χ0) is 10.7. The number of halogens is 1. The van der Waals surface area contributed by atoms with Crippen molar-refractivity contribution in [2.75, 3.05) is 0 Å². The lowest BCUT2D eigenvalue weighted by Gasteiger charge is -1.98. The van der Waals surface area contributed by atoms with Crippen molar-refractivity contribution in [1.82, 2.24) is 0 Å². The Bertz CT molecular complexity index is 459. The molecule has 0 N–H and O–H groups in total. The number of hydrogen-bond donors (Lipinski definition) is 0. The molecule has 0 aliphatic heterocycles. The van der Waals surface area contributed by atoms with Crippen LogP contribution in [-0.2, 0) is 6.42 Å². The van der Waals surface area contributed by atoms with Crippen molar-refractivity contribution >= 4 is 40.2 Å². The quantitative estimate of drug-likeness (QED) is 0.619. The Labute approximate surface area is 106 Å². The number of benzene rings is 1. The number of carbonyl (C=O) groups excluding carboxylic acids is 1. The van der Waals surface area contributed by atoms with Gasteiger partial charge in [-0.3, -0.25) is 4.79 Å². The summed E-state index contributed by atoms with van der Waals surface area (Å²) < 4.78 is 1.25. The Morgan fingerprint density at radius 3 is 2.47 bits per heavy atom. The Hall–Kier alpha value is -0.680. The fraction of sp³-hybridized carbons (Fsp3) is 0.0833. The molecule has 15 heavy (non-hydrogen) atoms. The largest absolute Gasteiger partial charge is 0.297 e. The highest BCUT2D eigenvalue weighted by molar-refractivity contribution is 14.1. The second-order valence-corrected chi connectivity index (χ2v) is 5.67. The van der Waals surface area contributed by atoms with Crippen LogP contribution in [0, 0.1) is 3.57 Å². The summed E-state index contributed by atoms with van der Waals surface area (Å²) in [5, 5.41) is 0. The molecule has 1 aromatic carbocycles. The molecule has 1 heterocycles. The van der Waals surface area contributed by atoms with Gasteiger partial charge in [-0.25, -0.2) is 0 Å². The van der Waals surface area contributed by atoms with Gasteiger partial charge in [0.1, 0.15) is 0 Å². The first-order valence-electron chi connectivity index (χ1n) is 4.56. The van der Waals surface area contributed by atoms with E-state index in [1.165, 1.54) is 14.0 Å². The minimum atomic E-state index is 0.801. The van der Waals surface area contributed by atoms with Crippen LogP contribution in [0.1, 0.15) is 20.1 Å². The molecular weight excluding hydrogens is 319 g/mol. The van der Waals surface area contributed by atoms with Crippen LogP contribution in [0.3, 0.4) is 0 Å². The van der Waals surface area contributed by atoms with Crippen LogP contribution in [-0.4, -0.2) is 6.29 Å². The van der Waals surface area contributed by atoms with Crippen LogP contribution >= 0.6 is 33.9 Å². The Kier molecular flexibility index (Phi) is 3.53. The summed E-state index contributed by atoms with van der Waals surface area (Å²) in [5.41, 5.74) is 1.29. The molecule has 0 unspecified atom stereocenters. The van der Waals surface area contributed by atoms with Crippen molar-refractivity contribution in [2.24, 2.45) is 0 Å². The van der Waals surface area contributed by atoms with E-state index in [4.69, 9.17) is 0 Å². The molecule has 3 heteroatoms. The molecule has 0 bridgehead atoms. The van der Waals surface area contributed by atoms with Crippen molar-refractivity contribution < 1.29 is 4.79 Å². The van der Waals surface area contributed by atoms with E-state index >= 15 is 0 Å².